The maximum atomic E-state index is 13.2. The zero-order chi connectivity index (χ0) is 15.6. The van der Waals surface area contributed by atoms with Gasteiger partial charge in [-0.05, 0) is 30.7 Å². The highest BCUT2D eigenvalue weighted by Crippen LogP contribution is 2.33. The number of ether oxygens (including phenoxy) is 1. The third kappa shape index (κ3) is 3.14. The number of benzene rings is 2. The van der Waals surface area contributed by atoms with E-state index in [-0.39, 0.29) is 17.1 Å². The number of hydrogen-bond donors (Lipinski definition) is 1. The van der Waals surface area contributed by atoms with Gasteiger partial charge in [0.05, 0.1) is 10.5 Å². The molecule has 0 saturated carbocycles. The number of nitrogens with zero attached hydrogens (tertiary/aromatic N) is 1. The van der Waals surface area contributed by atoms with E-state index in [9.17, 15) is 19.3 Å². The van der Waals surface area contributed by atoms with E-state index in [1.54, 1.807) is 6.92 Å². The second kappa shape index (κ2) is 5.58. The van der Waals surface area contributed by atoms with Crippen molar-refractivity contribution in [3.63, 3.8) is 0 Å². The summed E-state index contributed by atoms with van der Waals surface area (Å²) in [6.45, 7) is 1.66. The van der Waals surface area contributed by atoms with Crippen LogP contribution in [0.4, 0.5) is 10.1 Å². The molecule has 1 N–H and O–H groups in total. The number of nitro groups is 1. The summed E-state index contributed by atoms with van der Waals surface area (Å²) in [6, 6.07) is 7.06. The van der Waals surface area contributed by atoms with Gasteiger partial charge in [-0.25, -0.2) is 9.18 Å². The molecule has 21 heavy (non-hydrogen) atoms. The van der Waals surface area contributed by atoms with E-state index >= 15 is 0 Å². The molecule has 0 aliphatic heterocycles. The largest absolute Gasteiger partial charge is 0.478 e. The Hall–Kier alpha value is -2.96. The van der Waals surface area contributed by atoms with E-state index in [4.69, 9.17) is 9.84 Å². The van der Waals surface area contributed by atoms with Crippen molar-refractivity contribution in [2.45, 2.75) is 6.92 Å². The molecule has 2 rings (SSSR count). The van der Waals surface area contributed by atoms with Crippen molar-refractivity contribution in [3.05, 3.63) is 63.5 Å². The van der Waals surface area contributed by atoms with Crippen molar-refractivity contribution in [2.75, 3.05) is 0 Å². The fraction of sp³-hybridized carbons (Fsp3) is 0.0714. The van der Waals surface area contributed by atoms with Crippen LogP contribution in [0, 0.1) is 22.9 Å². The molecule has 0 heterocycles. The molecular weight excluding hydrogens is 281 g/mol. The van der Waals surface area contributed by atoms with Gasteiger partial charge >= 0.3 is 11.7 Å². The molecule has 108 valence electrons. The number of carboxylic acids is 1. The minimum atomic E-state index is -1.29. The Morgan fingerprint density at radius 1 is 1.24 bits per heavy atom. The van der Waals surface area contributed by atoms with Gasteiger partial charge in [-0.3, -0.25) is 10.1 Å². The molecule has 0 bridgehead atoms. The van der Waals surface area contributed by atoms with Crippen LogP contribution in [-0.2, 0) is 0 Å². The summed E-state index contributed by atoms with van der Waals surface area (Å²) in [5, 5.41) is 19.8. The summed E-state index contributed by atoms with van der Waals surface area (Å²) in [6.07, 6.45) is 0. The van der Waals surface area contributed by atoms with Crippen LogP contribution in [0.2, 0.25) is 0 Å². The molecule has 0 aliphatic carbocycles. The second-order valence-electron chi connectivity index (χ2n) is 4.26. The lowest BCUT2D eigenvalue weighted by Gasteiger charge is -2.09. The average molecular weight is 291 g/mol. The third-order valence-corrected chi connectivity index (χ3v) is 2.77. The summed E-state index contributed by atoms with van der Waals surface area (Å²) < 4.78 is 18.5. The molecule has 2 aromatic rings. The van der Waals surface area contributed by atoms with E-state index in [1.165, 1.54) is 24.3 Å². The van der Waals surface area contributed by atoms with E-state index in [0.717, 1.165) is 12.1 Å². The van der Waals surface area contributed by atoms with Crippen LogP contribution in [0.25, 0.3) is 0 Å². The first-order valence-corrected chi connectivity index (χ1v) is 5.84. The Bertz CT molecular complexity index is 729. The Balaban J connectivity index is 2.46. The standard InChI is InChI=1S/C14H10FNO5/c1-8-2-4-10(15)7-13(8)21-12-5-3-9(14(17)18)6-11(12)16(19)20/h2-7H,1H3,(H,17,18). The van der Waals surface area contributed by atoms with Crippen LogP contribution in [0.1, 0.15) is 15.9 Å². The lowest BCUT2D eigenvalue weighted by Crippen LogP contribution is -2.00. The smallest absolute Gasteiger partial charge is 0.335 e. The van der Waals surface area contributed by atoms with Gasteiger partial charge in [0, 0.05) is 12.1 Å². The zero-order valence-corrected chi connectivity index (χ0v) is 10.9. The molecule has 0 aliphatic rings. The number of carboxylic acid groups (broad SMARTS) is 1. The van der Waals surface area contributed by atoms with Crippen molar-refractivity contribution >= 4 is 11.7 Å². The van der Waals surface area contributed by atoms with Crippen molar-refractivity contribution in [1.82, 2.24) is 0 Å². The lowest BCUT2D eigenvalue weighted by atomic mass is 10.2. The number of aromatic carboxylic acids is 1. The Kier molecular flexibility index (Phi) is 3.84. The van der Waals surface area contributed by atoms with Gasteiger partial charge in [0.25, 0.3) is 0 Å². The highest BCUT2D eigenvalue weighted by atomic mass is 19.1. The van der Waals surface area contributed by atoms with Crippen molar-refractivity contribution in [2.24, 2.45) is 0 Å². The molecule has 0 saturated heterocycles. The van der Waals surface area contributed by atoms with Crippen LogP contribution in [0.3, 0.4) is 0 Å². The number of rotatable bonds is 4. The van der Waals surface area contributed by atoms with E-state index in [1.807, 2.05) is 0 Å². The van der Waals surface area contributed by atoms with E-state index in [0.29, 0.717) is 5.56 Å². The number of aryl methyl sites for hydroxylation is 1. The summed E-state index contributed by atoms with van der Waals surface area (Å²) in [7, 11) is 0. The Morgan fingerprint density at radius 3 is 2.57 bits per heavy atom. The molecular formula is C14H10FNO5. The monoisotopic (exact) mass is 291 g/mol. The van der Waals surface area contributed by atoms with Gasteiger partial charge in [0.1, 0.15) is 11.6 Å². The molecule has 7 heteroatoms. The molecule has 0 spiro atoms. The normalized spacial score (nSPS) is 10.2. The number of nitro benzene ring substituents is 1. The highest BCUT2D eigenvalue weighted by molar-refractivity contribution is 5.88. The van der Waals surface area contributed by atoms with Crippen molar-refractivity contribution in [1.29, 1.82) is 0 Å². The molecule has 0 atom stereocenters. The maximum Gasteiger partial charge on any atom is 0.335 e. The van der Waals surface area contributed by atoms with Gasteiger partial charge in [-0.2, -0.15) is 0 Å². The summed E-state index contributed by atoms with van der Waals surface area (Å²) in [4.78, 5) is 21.1. The first-order valence-electron chi connectivity index (χ1n) is 5.84. The summed E-state index contributed by atoms with van der Waals surface area (Å²) in [5.41, 5.74) is -0.142. The van der Waals surface area contributed by atoms with Crippen LogP contribution in [0.5, 0.6) is 11.5 Å². The SMILES string of the molecule is Cc1ccc(F)cc1Oc1ccc(C(=O)O)cc1[N+](=O)[O-]. The lowest BCUT2D eigenvalue weighted by molar-refractivity contribution is -0.385. The van der Waals surface area contributed by atoms with Crippen LogP contribution >= 0.6 is 0 Å². The van der Waals surface area contributed by atoms with E-state index in [2.05, 4.69) is 0 Å². The van der Waals surface area contributed by atoms with Gasteiger partial charge in [-0.15, -0.1) is 0 Å². The molecule has 0 amide bonds. The topological polar surface area (TPSA) is 89.7 Å². The number of hydrogen-bond acceptors (Lipinski definition) is 4. The van der Waals surface area contributed by atoms with Crippen molar-refractivity contribution < 1.29 is 24.0 Å². The van der Waals surface area contributed by atoms with Gasteiger partial charge in [-0.1, -0.05) is 6.07 Å². The minimum Gasteiger partial charge on any atom is -0.478 e. The van der Waals surface area contributed by atoms with Gasteiger partial charge < -0.3 is 9.84 Å². The number of carbonyl (C=O) groups is 1. The Morgan fingerprint density at radius 2 is 1.95 bits per heavy atom. The molecule has 0 radical (unpaired) electrons. The van der Waals surface area contributed by atoms with Crippen molar-refractivity contribution in [3.8, 4) is 11.5 Å². The first-order chi connectivity index (χ1) is 9.88. The van der Waals surface area contributed by atoms with Gasteiger partial charge in [0.15, 0.2) is 0 Å². The average Bonchev–Trinajstić information content (AvgIpc) is 2.42. The highest BCUT2D eigenvalue weighted by Gasteiger charge is 2.19. The van der Waals surface area contributed by atoms with Crippen LogP contribution in [0.15, 0.2) is 36.4 Å². The first kappa shape index (κ1) is 14.4. The van der Waals surface area contributed by atoms with Crippen LogP contribution in [-0.4, -0.2) is 16.0 Å². The maximum absolute atomic E-state index is 13.2. The quantitative estimate of drug-likeness (QED) is 0.687. The fourth-order valence-electron chi connectivity index (χ4n) is 1.68. The zero-order valence-electron chi connectivity index (χ0n) is 10.9. The van der Waals surface area contributed by atoms with E-state index < -0.39 is 22.4 Å². The molecule has 0 unspecified atom stereocenters. The predicted octanol–water partition coefficient (Wildman–Crippen LogP) is 3.53. The minimum absolute atomic E-state index is 0.126. The molecule has 2 aromatic carbocycles. The predicted molar refractivity (Wildman–Crippen MR) is 71.3 cm³/mol. The van der Waals surface area contributed by atoms with Crippen LogP contribution < -0.4 is 4.74 Å². The Labute approximate surface area is 118 Å². The summed E-state index contributed by atoms with van der Waals surface area (Å²) in [5.74, 6) is -1.85. The fourth-order valence-corrected chi connectivity index (χ4v) is 1.68. The summed E-state index contributed by atoms with van der Waals surface area (Å²) >= 11 is 0. The molecule has 0 aromatic heterocycles. The molecule has 6 nitrogen and oxygen atoms in total. The molecule has 0 fully saturated rings. The van der Waals surface area contributed by atoms with Gasteiger partial charge in [0.2, 0.25) is 5.75 Å². The second-order valence-corrected chi connectivity index (χ2v) is 4.26. The number of halogens is 1. The third-order valence-electron chi connectivity index (χ3n) is 2.77.